The number of ether oxygens (including phenoxy) is 1. The summed E-state index contributed by atoms with van der Waals surface area (Å²) in [5.74, 6) is -0.431. The summed E-state index contributed by atoms with van der Waals surface area (Å²) < 4.78 is 47.0. The number of amides is 1. The molecule has 4 nitrogen and oxygen atoms in total. The van der Waals surface area contributed by atoms with E-state index >= 15 is 0 Å². The van der Waals surface area contributed by atoms with Crippen molar-refractivity contribution >= 4 is 17.5 Å². The van der Waals surface area contributed by atoms with E-state index in [4.69, 9.17) is 16.3 Å². The van der Waals surface area contributed by atoms with Crippen LogP contribution < -0.4 is 0 Å². The Labute approximate surface area is 154 Å². The van der Waals surface area contributed by atoms with Crippen molar-refractivity contribution in [3.8, 4) is 11.1 Å². The molecule has 0 atom stereocenters. The highest BCUT2D eigenvalue weighted by atomic mass is 35.5. The van der Waals surface area contributed by atoms with E-state index < -0.39 is 17.8 Å². The first-order chi connectivity index (χ1) is 12.2. The molecule has 1 aromatic heterocycles. The number of benzene rings is 1. The summed E-state index contributed by atoms with van der Waals surface area (Å²) in [5, 5.41) is 0.472. The first kappa shape index (κ1) is 18.8. The van der Waals surface area contributed by atoms with E-state index in [1.165, 1.54) is 18.9 Å². The summed E-state index contributed by atoms with van der Waals surface area (Å²) in [6.07, 6.45) is -4.57. The molecule has 1 aliphatic heterocycles. The fourth-order valence-electron chi connectivity index (χ4n) is 3.37. The summed E-state index contributed by atoms with van der Waals surface area (Å²) in [4.78, 5) is 14.6. The lowest BCUT2D eigenvalue weighted by atomic mass is 10.00. The molecular formula is C18H18ClF3N2O2. The molecule has 0 spiro atoms. The minimum Gasteiger partial charge on any atom is -0.378 e. The third-order valence-electron chi connectivity index (χ3n) is 4.54. The van der Waals surface area contributed by atoms with Crippen LogP contribution in [0.4, 0.5) is 13.2 Å². The van der Waals surface area contributed by atoms with Gasteiger partial charge in [-0.2, -0.15) is 13.2 Å². The van der Waals surface area contributed by atoms with Crippen LogP contribution in [0.3, 0.4) is 0 Å². The van der Waals surface area contributed by atoms with Gasteiger partial charge in [-0.15, -0.1) is 0 Å². The Morgan fingerprint density at radius 2 is 1.73 bits per heavy atom. The average molecular weight is 387 g/mol. The van der Waals surface area contributed by atoms with E-state index in [9.17, 15) is 18.0 Å². The highest BCUT2D eigenvalue weighted by Gasteiger charge is 2.40. The Hall–Kier alpha value is -1.99. The molecule has 0 radical (unpaired) electrons. The highest BCUT2D eigenvalue weighted by Crippen LogP contribution is 2.40. The summed E-state index contributed by atoms with van der Waals surface area (Å²) in [5.41, 5.74) is 0.0413. The molecule has 0 saturated carbocycles. The zero-order chi connectivity index (χ0) is 19.1. The maximum atomic E-state index is 13.6. The molecule has 1 amide bonds. The summed E-state index contributed by atoms with van der Waals surface area (Å²) in [6.45, 7) is 2.84. The van der Waals surface area contributed by atoms with Gasteiger partial charge in [0.1, 0.15) is 11.4 Å². The lowest BCUT2D eigenvalue weighted by molar-refractivity contribution is -0.143. The van der Waals surface area contributed by atoms with Gasteiger partial charge in [-0.05, 0) is 30.2 Å². The van der Waals surface area contributed by atoms with Gasteiger partial charge in [0.15, 0.2) is 0 Å². The number of aromatic nitrogens is 1. The van der Waals surface area contributed by atoms with E-state index in [2.05, 4.69) is 0 Å². The van der Waals surface area contributed by atoms with Crippen LogP contribution in [-0.2, 0) is 18.0 Å². The number of nitrogens with zero attached hydrogens (tertiary/aromatic N) is 2. The molecular weight excluding hydrogens is 369 g/mol. The molecule has 26 heavy (non-hydrogen) atoms. The number of morpholine rings is 1. The zero-order valence-corrected chi connectivity index (χ0v) is 15.1. The standard InChI is InChI=1S/C18H18ClF3N2O2/c1-11-14(12-3-5-13(19)6-4-12)15(23(2)16(11)18(20,21)22)17(25)24-7-9-26-10-8-24/h3-6H,7-10H2,1-2H3. The van der Waals surface area contributed by atoms with E-state index in [0.717, 1.165) is 4.57 Å². The van der Waals surface area contributed by atoms with Crippen LogP contribution in [0.15, 0.2) is 24.3 Å². The lowest BCUT2D eigenvalue weighted by Gasteiger charge is -2.27. The van der Waals surface area contributed by atoms with Gasteiger partial charge in [0, 0.05) is 30.7 Å². The van der Waals surface area contributed by atoms with Gasteiger partial charge in [-0.1, -0.05) is 23.7 Å². The van der Waals surface area contributed by atoms with E-state index in [0.29, 0.717) is 36.9 Å². The van der Waals surface area contributed by atoms with E-state index in [1.54, 1.807) is 24.3 Å². The molecule has 140 valence electrons. The second kappa shape index (κ2) is 6.96. The Morgan fingerprint density at radius 3 is 2.27 bits per heavy atom. The number of halogens is 4. The van der Waals surface area contributed by atoms with Crippen LogP contribution >= 0.6 is 11.6 Å². The minimum absolute atomic E-state index is 0.0268. The van der Waals surface area contributed by atoms with Crippen LogP contribution in [0.5, 0.6) is 0 Å². The van der Waals surface area contributed by atoms with Gasteiger partial charge in [-0.3, -0.25) is 4.79 Å². The first-order valence-electron chi connectivity index (χ1n) is 8.11. The number of rotatable bonds is 2. The first-order valence-corrected chi connectivity index (χ1v) is 8.49. The zero-order valence-electron chi connectivity index (χ0n) is 14.4. The monoisotopic (exact) mass is 386 g/mol. The maximum Gasteiger partial charge on any atom is 0.431 e. The van der Waals surface area contributed by atoms with Crippen LogP contribution in [0.25, 0.3) is 11.1 Å². The Balaban J connectivity index is 2.20. The number of carbonyl (C=O) groups excluding carboxylic acids is 1. The van der Waals surface area contributed by atoms with Gasteiger partial charge in [0.2, 0.25) is 0 Å². The molecule has 8 heteroatoms. The molecule has 0 unspecified atom stereocenters. The van der Waals surface area contributed by atoms with Gasteiger partial charge >= 0.3 is 6.18 Å². The van der Waals surface area contributed by atoms with Gasteiger partial charge in [0.25, 0.3) is 5.91 Å². The van der Waals surface area contributed by atoms with Crippen LogP contribution in [0.1, 0.15) is 21.7 Å². The van der Waals surface area contributed by atoms with Gasteiger partial charge < -0.3 is 14.2 Å². The number of alkyl halides is 3. The third-order valence-corrected chi connectivity index (χ3v) is 4.79. The Kier molecular flexibility index (Phi) is 5.03. The van der Waals surface area contributed by atoms with Crippen molar-refractivity contribution in [2.75, 3.05) is 26.3 Å². The predicted molar refractivity (Wildman–Crippen MR) is 92.3 cm³/mol. The largest absolute Gasteiger partial charge is 0.431 e. The highest BCUT2D eigenvalue weighted by molar-refractivity contribution is 6.30. The Morgan fingerprint density at radius 1 is 1.15 bits per heavy atom. The van der Waals surface area contributed by atoms with Gasteiger partial charge in [0.05, 0.1) is 13.2 Å². The minimum atomic E-state index is -4.57. The van der Waals surface area contributed by atoms with E-state index in [-0.39, 0.29) is 16.8 Å². The molecule has 0 N–H and O–H groups in total. The number of carbonyl (C=O) groups is 1. The maximum absolute atomic E-state index is 13.6. The average Bonchev–Trinajstić information content (AvgIpc) is 2.86. The van der Waals surface area contributed by atoms with Crippen molar-refractivity contribution < 1.29 is 22.7 Å². The van der Waals surface area contributed by atoms with Crippen molar-refractivity contribution in [2.45, 2.75) is 13.1 Å². The molecule has 0 aliphatic carbocycles. The molecule has 0 bridgehead atoms. The third kappa shape index (κ3) is 3.33. The summed E-state index contributed by atoms with van der Waals surface area (Å²) in [7, 11) is 1.28. The van der Waals surface area contributed by atoms with Crippen molar-refractivity contribution in [1.82, 2.24) is 9.47 Å². The fourth-order valence-corrected chi connectivity index (χ4v) is 3.49. The molecule has 1 aromatic carbocycles. The molecule has 1 aliphatic rings. The molecule has 1 saturated heterocycles. The van der Waals surface area contributed by atoms with Crippen molar-refractivity contribution in [3.05, 3.63) is 46.2 Å². The summed E-state index contributed by atoms with van der Waals surface area (Å²) >= 11 is 5.90. The second-order valence-corrected chi connectivity index (χ2v) is 6.60. The van der Waals surface area contributed by atoms with Crippen LogP contribution in [0, 0.1) is 6.92 Å². The van der Waals surface area contributed by atoms with Crippen molar-refractivity contribution in [1.29, 1.82) is 0 Å². The normalized spacial score (nSPS) is 15.4. The summed E-state index contributed by atoms with van der Waals surface area (Å²) in [6, 6.07) is 6.45. The van der Waals surface area contributed by atoms with Crippen LogP contribution in [0.2, 0.25) is 5.02 Å². The second-order valence-electron chi connectivity index (χ2n) is 6.17. The Bertz CT molecular complexity index is 822. The molecule has 1 fully saturated rings. The smallest absolute Gasteiger partial charge is 0.378 e. The predicted octanol–water partition coefficient (Wildman–Crippen LogP) is 4.15. The van der Waals surface area contributed by atoms with E-state index in [1.807, 2.05) is 0 Å². The quantitative estimate of drug-likeness (QED) is 0.777. The number of hydrogen-bond donors (Lipinski definition) is 0. The van der Waals surface area contributed by atoms with Crippen molar-refractivity contribution in [3.63, 3.8) is 0 Å². The SMILES string of the molecule is Cc1c(-c2ccc(Cl)cc2)c(C(=O)N2CCOCC2)n(C)c1C(F)(F)F. The lowest BCUT2D eigenvalue weighted by Crippen LogP contribution is -2.41. The topological polar surface area (TPSA) is 34.5 Å². The number of hydrogen-bond acceptors (Lipinski definition) is 2. The molecule has 2 heterocycles. The molecule has 3 rings (SSSR count). The molecule has 2 aromatic rings. The van der Waals surface area contributed by atoms with Gasteiger partial charge in [-0.25, -0.2) is 0 Å². The van der Waals surface area contributed by atoms with Crippen molar-refractivity contribution in [2.24, 2.45) is 7.05 Å². The fraction of sp³-hybridized carbons (Fsp3) is 0.389. The van der Waals surface area contributed by atoms with Crippen LogP contribution in [-0.4, -0.2) is 41.7 Å².